The van der Waals surface area contributed by atoms with Gasteiger partial charge < -0.3 is 19.5 Å². The third-order valence-corrected chi connectivity index (χ3v) is 11.8. The van der Waals surface area contributed by atoms with Crippen molar-refractivity contribution in [3.05, 3.63) is 64.7 Å². The maximum absolute atomic E-state index is 13.5. The Morgan fingerprint density at radius 3 is 2.79 bits per heavy atom. The lowest BCUT2D eigenvalue weighted by atomic mass is 9.68. The molecule has 2 aromatic rings. The zero-order valence-corrected chi connectivity index (χ0v) is 26.4. The molecule has 1 saturated carbocycles. The van der Waals surface area contributed by atoms with Gasteiger partial charge in [0, 0.05) is 30.6 Å². The van der Waals surface area contributed by atoms with E-state index in [1.54, 1.807) is 19.2 Å². The number of carbonyl (C=O) groups is 1. The number of fused-ring (bicyclic) bond motifs is 4. The van der Waals surface area contributed by atoms with Crippen LogP contribution in [0.15, 0.2) is 53.4 Å². The first-order chi connectivity index (χ1) is 20.6. The lowest BCUT2D eigenvalue weighted by Gasteiger charge is -2.46. The third kappa shape index (κ3) is 5.81. The van der Waals surface area contributed by atoms with Crippen molar-refractivity contribution >= 4 is 33.2 Å². The van der Waals surface area contributed by atoms with Crippen molar-refractivity contribution < 1.29 is 27.8 Å². The number of nitrogens with one attached hydrogen (secondary N) is 1. The van der Waals surface area contributed by atoms with Crippen molar-refractivity contribution in [1.82, 2.24) is 4.72 Å². The van der Waals surface area contributed by atoms with Gasteiger partial charge >= 0.3 is 0 Å². The summed E-state index contributed by atoms with van der Waals surface area (Å²) in [5.41, 5.74) is 2.92. The Labute approximate surface area is 259 Å². The van der Waals surface area contributed by atoms with Crippen LogP contribution < -0.4 is 14.4 Å². The molecule has 0 aromatic heterocycles. The summed E-state index contributed by atoms with van der Waals surface area (Å²) in [7, 11) is -2.46. The number of halogens is 1. The van der Waals surface area contributed by atoms with E-state index >= 15 is 0 Å². The van der Waals surface area contributed by atoms with Crippen molar-refractivity contribution in [2.24, 2.45) is 23.7 Å². The normalized spacial score (nSPS) is 32.8. The highest BCUT2D eigenvalue weighted by atomic mass is 35.5. The average molecular weight is 629 g/mol. The minimum Gasteiger partial charge on any atom is -0.490 e. The van der Waals surface area contributed by atoms with Crippen LogP contribution in [-0.2, 0) is 31.4 Å². The molecule has 4 aliphatic rings. The highest BCUT2D eigenvalue weighted by Crippen LogP contribution is 2.47. The van der Waals surface area contributed by atoms with E-state index in [1.165, 1.54) is 17.2 Å². The van der Waals surface area contributed by atoms with Gasteiger partial charge in [-0.05, 0) is 97.7 Å². The number of anilines is 1. The maximum Gasteiger partial charge on any atom is 0.264 e. The van der Waals surface area contributed by atoms with E-state index in [0.29, 0.717) is 42.8 Å². The predicted molar refractivity (Wildman–Crippen MR) is 166 cm³/mol. The zero-order valence-electron chi connectivity index (χ0n) is 24.8. The monoisotopic (exact) mass is 628 g/mol. The molecule has 43 heavy (non-hydrogen) atoms. The van der Waals surface area contributed by atoms with Crippen molar-refractivity contribution in [3.8, 4) is 5.75 Å². The van der Waals surface area contributed by atoms with Crippen LogP contribution in [0.1, 0.15) is 50.2 Å². The number of methoxy groups -OCH3 is 1. The maximum atomic E-state index is 13.5. The standard InChI is InChI=1S/C33H41ClN2O6S/c1-21-5-3-7-30(41-2)26-11-8-23(26)17-36-19-33(14-4-6-22-15-24(34)9-12-28(22)33)20-42-31-13-10-25(16-29(31)36)43(39,40)35-32(38)27(21)18-37/h3,7,9-10,12-13,15-16,21,23,26-27,30,37H,4-6,8,11,14,17-20H2,1-2H3,(H,35,38)/b7-3+/t21-,23-,26+,27+,30+,33-/m0/s1. The number of nitrogens with zero attached hydrogens (tertiary/aromatic N) is 1. The fourth-order valence-corrected chi connectivity index (χ4v) is 8.82. The molecule has 1 fully saturated rings. The number of amides is 1. The van der Waals surface area contributed by atoms with Crippen LogP contribution in [0.4, 0.5) is 5.69 Å². The molecule has 2 aliphatic heterocycles. The van der Waals surface area contributed by atoms with Crippen molar-refractivity contribution in [2.75, 3.05) is 38.3 Å². The van der Waals surface area contributed by atoms with Crippen LogP contribution >= 0.6 is 11.6 Å². The van der Waals surface area contributed by atoms with Gasteiger partial charge in [0.2, 0.25) is 5.91 Å². The molecule has 1 amide bonds. The van der Waals surface area contributed by atoms with Gasteiger partial charge in [-0.25, -0.2) is 13.1 Å². The Balaban J connectivity index is 1.44. The second-order valence-corrected chi connectivity index (χ2v) is 15.0. The number of rotatable bonds is 2. The summed E-state index contributed by atoms with van der Waals surface area (Å²) in [5.74, 6) is -0.553. The number of aryl methyl sites for hydroxylation is 1. The van der Waals surface area contributed by atoms with E-state index in [-0.39, 0.29) is 22.3 Å². The molecule has 6 atom stereocenters. The molecular weight excluding hydrogens is 588 g/mol. The summed E-state index contributed by atoms with van der Waals surface area (Å²) in [4.78, 5) is 15.4. The zero-order chi connectivity index (χ0) is 30.4. The lowest BCUT2D eigenvalue weighted by molar-refractivity contribution is -0.126. The second kappa shape index (κ2) is 12.1. The number of benzene rings is 2. The summed E-state index contributed by atoms with van der Waals surface area (Å²) in [6, 6.07) is 11.0. The molecule has 2 N–H and O–H groups in total. The number of allylic oxidation sites excluding steroid dienone is 1. The molecule has 0 saturated heterocycles. The highest BCUT2D eigenvalue weighted by Gasteiger charge is 2.44. The van der Waals surface area contributed by atoms with Crippen LogP contribution in [0.5, 0.6) is 5.75 Å². The van der Waals surface area contributed by atoms with Gasteiger partial charge in [-0.3, -0.25) is 4.79 Å². The molecule has 10 heteroatoms. The first-order valence-corrected chi connectivity index (χ1v) is 17.2. The van der Waals surface area contributed by atoms with Crippen LogP contribution in [0.3, 0.4) is 0 Å². The van der Waals surface area contributed by atoms with Crippen molar-refractivity contribution in [3.63, 3.8) is 0 Å². The lowest BCUT2D eigenvalue weighted by Crippen LogP contribution is -2.49. The van der Waals surface area contributed by atoms with Crippen molar-refractivity contribution in [1.29, 1.82) is 0 Å². The summed E-state index contributed by atoms with van der Waals surface area (Å²) >= 11 is 6.40. The van der Waals surface area contributed by atoms with Gasteiger partial charge in [-0.1, -0.05) is 36.7 Å². The molecule has 2 heterocycles. The third-order valence-electron chi connectivity index (χ3n) is 10.2. The van der Waals surface area contributed by atoms with E-state index in [9.17, 15) is 18.3 Å². The summed E-state index contributed by atoms with van der Waals surface area (Å²) in [5, 5.41) is 10.8. The molecule has 6 rings (SSSR count). The van der Waals surface area contributed by atoms with Crippen LogP contribution in [0, 0.1) is 23.7 Å². The Hall–Kier alpha value is -2.59. The summed E-state index contributed by atoms with van der Waals surface area (Å²) in [6.07, 6.45) is 9.56. The molecule has 0 radical (unpaired) electrons. The Morgan fingerprint density at radius 2 is 2.05 bits per heavy atom. The van der Waals surface area contributed by atoms with Crippen LogP contribution in [-0.4, -0.2) is 58.9 Å². The fourth-order valence-electron chi connectivity index (χ4n) is 7.57. The molecular formula is C33H41ClN2O6S. The average Bonchev–Trinajstić information content (AvgIpc) is 3.11. The molecule has 2 bridgehead atoms. The van der Waals surface area contributed by atoms with Gasteiger partial charge in [0.05, 0.1) is 35.8 Å². The number of sulfonamides is 1. The van der Waals surface area contributed by atoms with E-state index in [0.717, 1.165) is 43.7 Å². The molecule has 2 aromatic carbocycles. The molecule has 8 nitrogen and oxygen atoms in total. The Kier molecular flexibility index (Phi) is 8.54. The predicted octanol–water partition coefficient (Wildman–Crippen LogP) is 4.86. The number of ether oxygens (including phenoxy) is 2. The Bertz CT molecular complexity index is 1510. The van der Waals surface area contributed by atoms with Gasteiger partial charge in [0.1, 0.15) is 5.75 Å². The van der Waals surface area contributed by atoms with Gasteiger partial charge in [0.15, 0.2) is 0 Å². The minimum atomic E-state index is -4.19. The molecule has 232 valence electrons. The number of carbonyl (C=O) groups excluding carboxylic acids is 1. The number of aliphatic hydroxyl groups excluding tert-OH is 1. The minimum absolute atomic E-state index is 0.00348. The Morgan fingerprint density at radius 1 is 1.21 bits per heavy atom. The van der Waals surface area contributed by atoms with Gasteiger partial charge in [-0.15, -0.1) is 0 Å². The van der Waals surface area contributed by atoms with E-state index in [2.05, 4.69) is 27.8 Å². The summed E-state index contributed by atoms with van der Waals surface area (Å²) in [6.45, 7) is 3.28. The van der Waals surface area contributed by atoms with E-state index in [1.807, 2.05) is 19.1 Å². The SMILES string of the molecule is CO[C@@H]1/C=C/C[C@H](C)[C@@H](CO)C(=O)NS(=O)(=O)c2ccc3c(c2)N(C[C@@H]2CC[C@H]21)C[C@@]1(CCCc2cc(Cl)ccc21)CO3. The van der Waals surface area contributed by atoms with Gasteiger partial charge in [0.25, 0.3) is 10.0 Å². The second-order valence-electron chi connectivity index (χ2n) is 12.8. The molecule has 2 aliphatic carbocycles. The smallest absolute Gasteiger partial charge is 0.264 e. The van der Waals surface area contributed by atoms with Gasteiger partial charge in [-0.2, -0.15) is 0 Å². The number of hydrogen-bond acceptors (Lipinski definition) is 7. The highest BCUT2D eigenvalue weighted by molar-refractivity contribution is 7.90. The topological polar surface area (TPSA) is 105 Å². The first kappa shape index (κ1) is 30.4. The number of aliphatic hydroxyl groups is 1. The summed E-state index contributed by atoms with van der Waals surface area (Å²) < 4.78 is 41.8. The van der Waals surface area contributed by atoms with Crippen LogP contribution in [0.25, 0.3) is 0 Å². The largest absolute Gasteiger partial charge is 0.490 e. The van der Waals surface area contributed by atoms with E-state index < -0.39 is 28.5 Å². The first-order valence-electron chi connectivity index (χ1n) is 15.3. The van der Waals surface area contributed by atoms with Crippen LogP contribution in [0.2, 0.25) is 5.02 Å². The number of hydrogen-bond donors (Lipinski definition) is 2. The quantitative estimate of drug-likeness (QED) is 0.458. The van der Waals surface area contributed by atoms with E-state index in [4.69, 9.17) is 21.1 Å². The molecule has 1 spiro atoms. The fraction of sp³-hybridized carbons (Fsp3) is 0.545. The molecule has 0 unspecified atom stereocenters. The van der Waals surface area contributed by atoms with Crippen molar-refractivity contribution in [2.45, 2.75) is 61.9 Å².